The van der Waals surface area contributed by atoms with E-state index < -0.39 is 23.8 Å². The Balaban J connectivity index is 1.53. The Labute approximate surface area is 191 Å². The van der Waals surface area contributed by atoms with E-state index in [4.69, 9.17) is 11.5 Å². The molecule has 1 aliphatic heterocycles. The van der Waals surface area contributed by atoms with Gasteiger partial charge in [-0.05, 0) is 12.1 Å². The van der Waals surface area contributed by atoms with E-state index in [9.17, 15) is 18.7 Å². The lowest BCUT2D eigenvalue weighted by Gasteiger charge is -2.35. The lowest BCUT2D eigenvalue weighted by molar-refractivity contribution is 0.0309. The van der Waals surface area contributed by atoms with Crippen LogP contribution in [0.5, 0.6) is 0 Å². The van der Waals surface area contributed by atoms with Crippen LogP contribution in [0.25, 0.3) is 22.4 Å². The predicted molar refractivity (Wildman–Crippen MR) is 122 cm³/mol. The molecule has 12 heteroatoms. The molecule has 34 heavy (non-hydrogen) atoms. The third kappa shape index (κ3) is 3.73. The van der Waals surface area contributed by atoms with Crippen molar-refractivity contribution in [2.24, 2.45) is 0 Å². The zero-order valence-corrected chi connectivity index (χ0v) is 17.7. The van der Waals surface area contributed by atoms with Gasteiger partial charge in [0.1, 0.15) is 28.5 Å². The number of β-amino-alcohol motifs (C(OH)–C–C–N with tert-alkyl or cyclic N) is 1. The molecule has 3 heterocycles. The Kier molecular flexibility index (Phi) is 5.21. The van der Waals surface area contributed by atoms with Crippen LogP contribution in [0.3, 0.4) is 0 Å². The second kappa shape index (κ2) is 8.23. The fourth-order valence-corrected chi connectivity index (χ4v) is 3.80. The van der Waals surface area contributed by atoms with Crippen molar-refractivity contribution < 1.29 is 18.7 Å². The van der Waals surface area contributed by atoms with Gasteiger partial charge in [0, 0.05) is 10.9 Å². The van der Waals surface area contributed by atoms with Crippen LogP contribution in [0, 0.1) is 11.6 Å². The van der Waals surface area contributed by atoms with Gasteiger partial charge in [-0.2, -0.15) is 5.10 Å². The van der Waals surface area contributed by atoms with Gasteiger partial charge >= 0.3 is 6.03 Å². The van der Waals surface area contributed by atoms with Gasteiger partial charge in [-0.25, -0.2) is 23.5 Å². The number of likely N-dealkylation sites (tertiary alicyclic amines) is 1. The zero-order chi connectivity index (χ0) is 24.0. The number of fused-ring (bicyclic) bond motifs is 1. The number of urea groups is 1. The van der Waals surface area contributed by atoms with E-state index in [1.54, 1.807) is 24.3 Å². The molecule has 0 unspecified atom stereocenters. The number of nitrogens with zero attached hydrogens (tertiary/aromatic N) is 5. The molecule has 4 aromatic rings. The molecule has 2 aromatic heterocycles. The van der Waals surface area contributed by atoms with Gasteiger partial charge in [0.15, 0.2) is 17.5 Å². The van der Waals surface area contributed by atoms with Gasteiger partial charge in [0.05, 0.1) is 25.7 Å². The monoisotopic (exact) mass is 466 g/mol. The normalized spacial score (nSPS) is 13.8. The summed E-state index contributed by atoms with van der Waals surface area (Å²) in [5.41, 5.74) is 12.8. The molecule has 0 saturated carbocycles. The average Bonchev–Trinajstić information content (AvgIpc) is 3.15. The maximum atomic E-state index is 14.8. The molecular formula is C22H20F2N8O2. The molecule has 0 atom stereocenters. The van der Waals surface area contributed by atoms with Crippen LogP contribution in [0.2, 0.25) is 0 Å². The van der Waals surface area contributed by atoms with E-state index >= 15 is 0 Å². The summed E-state index contributed by atoms with van der Waals surface area (Å²) in [5.74, 6) is -1.18. The van der Waals surface area contributed by atoms with Gasteiger partial charge < -0.3 is 26.8 Å². The van der Waals surface area contributed by atoms with Crippen molar-refractivity contribution in [1.82, 2.24) is 24.6 Å². The summed E-state index contributed by atoms with van der Waals surface area (Å²) in [5, 5.41) is 16.7. The number of benzene rings is 2. The smallest absolute Gasteiger partial charge is 0.322 e. The van der Waals surface area contributed by atoms with E-state index in [0.717, 1.165) is 0 Å². The van der Waals surface area contributed by atoms with Crippen LogP contribution in [0.4, 0.5) is 30.9 Å². The number of carbonyl (C=O) groups is 1. The Morgan fingerprint density at radius 1 is 1.06 bits per heavy atom. The van der Waals surface area contributed by atoms with Crippen LogP contribution >= 0.6 is 0 Å². The molecular weight excluding hydrogens is 446 g/mol. The van der Waals surface area contributed by atoms with Crippen molar-refractivity contribution in [2.75, 3.05) is 29.9 Å². The number of aliphatic hydroxyl groups excluding tert-OH is 1. The number of nitrogens with two attached hydrogens (primary N) is 2. The number of nitrogen functional groups attached to an aromatic ring is 2. The zero-order valence-electron chi connectivity index (χ0n) is 17.7. The third-order valence-corrected chi connectivity index (χ3v) is 5.56. The molecule has 0 radical (unpaired) electrons. The lowest BCUT2D eigenvalue weighted by atomic mass is 10.1. The first kappa shape index (κ1) is 21.5. The maximum Gasteiger partial charge on any atom is 0.322 e. The molecule has 1 aliphatic rings. The molecule has 0 bridgehead atoms. The second-order valence-electron chi connectivity index (χ2n) is 7.92. The number of aromatic nitrogens is 4. The van der Waals surface area contributed by atoms with Crippen LogP contribution in [-0.2, 0) is 6.54 Å². The average molecular weight is 466 g/mol. The fourth-order valence-electron chi connectivity index (χ4n) is 3.80. The summed E-state index contributed by atoms with van der Waals surface area (Å²) in [4.78, 5) is 22.1. The molecule has 0 aliphatic carbocycles. The lowest BCUT2D eigenvalue weighted by Crippen LogP contribution is -2.55. The molecule has 6 N–H and O–H groups in total. The fraction of sp³-hybridized carbons (Fsp3) is 0.182. The summed E-state index contributed by atoms with van der Waals surface area (Å²) in [6.07, 6.45) is -0.563. The van der Waals surface area contributed by atoms with E-state index in [0.29, 0.717) is 10.9 Å². The minimum atomic E-state index is -0.563. The molecule has 2 amide bonds. The summed E-state index contributed by atoms with van der Waals surface area (Å²) >= 11 is 0. The maximum absolute atomic E-state index is 14.8. The predicted octanol–water partition coefficient (Wildman–Crippen LogP) is 2.19. The Bertz CT molecular complexity index is 1390. The number of halogens is 2. The highest BCUT2D eigenvalue weighted by atomic mass is 19.1. The van der Waals surface area contributed by atoms with E-state index in [1.807, 2.05) is 0 Å². The van der Waals surface area contributed by atoms with Crippen molar-refractivity contribution in [2.45, 2.75) is 12.6 Å². The number of anilines is 3. The van der Waals surface area contributed by atoms with Crippen molar-refractivity contribution in [3.05, 3.63) is 59.7 Å². The van der Waals surface area contributed by atoms with Gasteiger partial charge in [-0.3, -0.25) is 4.68 Å². The highest BCUT2D eigenvalue weighted by Gasteiger charge is 2.30. The van der Waals surface area contributed by atoms with E-state index in [1.165, 1.54) is 27.8 Å². The number of hydrogen-bond acceptors (Lipinski definition) is 7. The number of aliphatic hydroxyl groups is 1. The van der Waals surface area contributed by atoms with Gasteiger partial charge in [0.2, 0.25) is 0 Å². The molecule has 1 saturated heterocycles. The van der Waals surface area contributed by atoms with Gasteiger partial charge in [0.25, 0.3) is 0 Å². The first-order chi connectivity index (χ1) is 16.3. The summed E-state index contributed by atoms with van der Waals surface area (Å²) in [7, 11) is 0. The highest BCUT2D eigenvalue weighted by molar-refractivity contribution is 5.97. The highest BCUT2D eigenvalue weighted by Crippen LogP contribution is 2.32. The molecule has 174 valence electrons. The summed E-state index contributed by atoms with van der Waals surface area (Å²) in [6.45, 7) is 0.369. The van der Waals surface area contributed by atoms with Gasteiger partial charge in [-0.15, -0.1) is 0 Å². The van der Waals surface area contributed by atoms with Crippen molar-refractivity contribution in [3.63, 3.8) is 0 Å². The quantitative estimate of drug-likeness (QED) is 0.360. The first-order valence-corrected chi connectivity index (χ1v) is 10.4. The Morgan fingerprint density at radius 2 is 1.74 bits per heavy atom. The minimum Gasteiger partial charge on any atom is -0.389 e. The van der Waals surface area contributed by atoms with Crippen LogP contribution in [0.15, 0.2) is 42.5 Å². The topological polar surface area (TPSA) is 148 Å². The number of hydrogen-bond donors (Lipinski definition) is 4. The van der Waals surface area contributed by atoms with Crippen LogP contribution < -0.4 is 16.8 Å². The van der Waals surface area contributed by atoms with Crippen LogP contribution in [-0.4, -0.2) is 55.0 Å². The van der Waals surface area contributed by atoms with Crippen molar-refractivity contribution >= 4 is 34.3 Å². The molecule has 10 nitrogen and oxygen atoms in total. The second-order valence-corrected chi connectivity index (χ2v) is 7.92. The SMILES string of the molecule is Nc1nc(-c2nn(Cc3ccccc3F)c3c(F)cccc23)nc(N)c1NC(=O)N1CC(O)C1. The molecule has 1 fully saturated rings. The van der Waals surface area contributed by atoms with E-state index in [-0.39, 0.29) is 54.0 Å². The minimum absolute atomic E-state index is 0.0229. The standard InChI is InChI=1S/C22H20F2N8O2/c23-14-6-2-1-4-11(14)8-32-18-13(5-3-7-15(18)24)16(30-32)21-28-19(25)17(20(26)29-21)27-22(34)31-9-12(33)10-31/h1-7,12,33H,8-10H2,(H,27,34)(H4,25,26,28,29). The number of nitrogens with one attached hydrogen (secondary N) is 1. The molecule has 2 aromatic carbocycles. The van der Waals surface area contributed by atoms with Crippen molar-refractivity contribution in [3.8, 4) is 11.5 Å². The first-order valence-electron chi connectivity index (χ1n) is 10.4. The molecule has 5 rings (SSSR count). The van der Waals surface area contributed by atoms with Gasteiger partial charge in [-0.1, -0.05) is 30.3 Å². The summed E-state index contributed by atoms with van der Waals surface area (Å²) in [6, 6.07) is 10.1. The number of para-hydroxylation sites is 1. The Hall–Kier alpha value is -4.32. The third-order valence-electron chi connectivity index (χ3n) is 5.56. The Morgan fingerprint density at radius 3 is 2.41 bits per heavy atom. The van der Waals surface area contributed by atoms with Crippen LogP contribution in [0.1, 0.15) is 5.56 Å². The number of carbonyl (C=O) groups excluding carboxylic acids is 1. The van der Waals surface area contributed by atoms with E-state index in [2.05, 4.69) is 20.4 Å². The van der Waals surface area contributed by atoms with Crippen molar-refractivity contribution in [1.29, 1.82) is 0 Å². The largest absolute Gasteiger partial charge is 0.389 e. The number of rotatable bonds is 4. The molecule has 0 spiro atoms. The summed E-state index contributed by atoms with van der Waals surface area (Å²) < 4.78 is 30.3. The number of amides is 2.